The SMILES string of the molecule is CNC1CCc2c1cccc2C1CCCc2cccnc21. The van der Waals surface area contributed by atoms with Crippen molar-refractivity contribution in [1.82, 2.24) is 10.3 Å². The average Bonchev–Trinajstić information content (AvgIpc) is 2.97. The van der Waals surface area contributed by atoms with Gasteiger partial charge in [0.2, 0.25) is 0 Å². The molecule has 1 aromatic carbocycles. The minimum atomic E-state index is 0.500. The van der Waals surface area contributed by atoms with Crippen molar-refractivity contribution in [1.29, 1.82) is 0 Å². The van der Waals surface area contributed by atoms with Crippen LogP contribution in [0.15, 0.2) is 36.5 Å². The zero-order chi connectivity index (χ0) is 14.2. The predicted molar refractivity (Wildman–Crippen MR) is 85.6 cm³/mol. The van der Waals surface area contributed by atoms with Gasteiger partial charge in [0.25, 0.3) is 0 Å². The molecule has 0 aliphatic heterocycles. The minimum absolute atomic E-state index is 0.500. The number of fused-ring (bicyclic) bond motifs is 2. The molecule has 2 unspecified atom stereocenters. The van der Waals surface area contributed by atoms with Gasteiger partial charge in [0.05, 0.1) is 5.69 Å². The van der Waals surface area contributed by atoms with Crippen LogP contribution in [0.3, 0.4) is 0 Å². The summed E-state index contributed by atoms with van der Waals surface area (Å²) in [4.78, 5) is 4.73. The van der Waals surface area contributed by atoms with Crippen LogP contribution >= 0.6 is 0 Å². The predicted octanol–water partition coefficient (Wildman–Crippen LogP) is 3.76. The summed E-state index contributed by atoms with van der Waals surface area (Å²) in [7, 11) is 2.07. The number of rotatable bonds is 2. The Bertz CT molecular complexity index is 662. The molecule has 0 radical (unpaired) electrons. The van der Waals surface area contributed by atoms with Gasteiger partial charge in [-0.25, -0.2) is 0 Å². The lowest BCUT2D eigenvalue weighted by Crippen LogP contribution is -2.15. The van der Waals surface area contributed by atoms with Gasteiger partial charge in [-0.2, -0.15) is 0 Å². The number of pyridine rings is 1. The van der Waals surface area contributed by atoms with Crippen molar-refractivity contribution in [2.24, 2.45) is 0 Å². The number of nitrogens with one attached hydrogen (secondary N) is 1. The summed E-state index contributed by atoms with van der Waals surface area (Å²) in [6.07, 6.45) is 8.10. The molecule has 1 heterocycles. The van der Waals surface area contributed by atoms with E-state index in [4.69, 9.17) is 4.98 Å². The number of benzene rings is 1. The van der Waals surface area contributed by atoms with Crippen LogP contribution in [0.2, 0.25) is 0 Å². The van der Waals surface area contributed by atoms with E-state index in [0.717, 1.165) is 0 Å². The molecule has 21 heavy (non-hydrogen) atoms. The maximum atomic E-state index is 4.73. The lowest BCUT2D eigenvalue weighted by atomic mass is 9.80. The highest BCUT2D eigenvalue weighted by atomic mass is 14.9. The van der Waals surface area contributed by atoms with Crippen LogP contribution in [0.1, 0.15) is 59.2 Å². The molecule has 2 aromatic rings. The fourth-order valence-electron chi connectivity index (χ4n) is 4.22. The van der Waals surface area contributed by atoms with E-state index in [2.05, 4.69) is 42.7 Å². The zero-order valence-corrected chi connectivity index (χ0v) is 12.6. The molecule has 108 valence electrons. The number of aryl methyl sites for hydroxylation is 1. The van der Waals surface area contributed by atoms with Crippen molar-refractivity contribution in [2.45, 2.75) is 44.1 Å². The molecule has 2 atom stereocenters. The first-order chi connectivity index (χ1) is 10.4. The summed E-state index contributed by atoms with van der Waals surface area (Å²) in [5.74, 6) is 0.500. The van der Waals surface area contributed by atoms with E-state index in [0.29, 0.717) is 12.0 Å². The minimum Gasteiger partial charge on any atom is -0.313 e. The van der Waals surface area contributed by atoms with Crippen LogP contribution in [0.5, 0.6) is 0 Å². The number of hydrogen-bond acceptors (Lipinski definition) is 2. The van der Waals surface area contributed by atoms with E-state index in [1.807, 2.05) is 6.20 Å². The first kappa shape index (κ1) is 13.0. The molecular formula is C19H22N2. The van der Waals surface area contributed by atoms with Crippen molar-refractivity contribution in [3.63, 3.8) is 0 Å². The Labute approximate surface area is 126 Å². The second-order valence-electron chi connectivity index (χ2n) is 6.29. The molecule has 0 bridgehead atoms. The van der Waals surface area contributed by atoms with Gasteiger partial charge in [0.15, 0.2) is 0 Å². The lowest BCUT2D eigenvalue weighted by molar-refractivity contribution is 0.589. The maximum Gasteiger partial charge on any atom is 0.0510 e. The number of hydrogen-bond donors (Lipinski definition) is 1. The van der Waals surface area contributed by atoms with Gasteiger partial charge in [0.1, 0.15) is 0 Å². The molecule has 2 nitrogen and oxygen atoms in total. The van der Waals surface area contributed by atoms with Crippen LogP contribution in [0.4, 0.5) is 0 Å². The topological polar surface area (TPSA) is 24.9 Å². The third-order valence-electron chi connectivity index (χ3n) is 5.23. The van der Waals surface area contributed by atoms with Gasteiger partial charge in [-0.15, -0.1) is 0 Å². The molecule has 0 spiro atoms. The van der Waals surface area contributed by atoms with Crippen molar-refractivity contribution in [3.8, 4) is 0 Å². The summed E-state index contributed by atoms with van der Waals surface area (Å²) in [5.41, 5.74) is 7.41. The van der Waals surface area contributed by atoms with Crippen molar-refractivity contribution >= 4 is 0 Å². The van der Waals surface area contributed by atoms with Gasteiger partial charge in [-0.3, -0.25) is 4.98 Å². The van der Waals surface area contributed by atoms with E-state index in [-0.39, 0.29) is 0 Å². The van der Waals surface area contributed by atoms with Gasteiger partial charge in [-0.1, -0.05) is 24.3 Å². The Balaban J connectivity index is 1.81. The third-order valence-corrected chi connectivity index (χ3v) is 5.23. The van der Waals surface area contributed by atoms with Gasteiger partial charge < -0.3 is 5.32 Å². The summed E-state index contributed by atoms with van der Waals surface area (Å²) >= 11 is 0. The van der Waals surface area contributed by atoms with Gasteiger partial charge in [0, 0.05) is 18.2 Å². The van der Waals surface area contributed by atoms with Crippen molar-refractivity contribution in [2.75, 3.05) is 7.05 Å². The van der Waals surface area contributed by atoms with Crippen molar-refractivity contribution < 1.29 is 0 Å². The van der Waals surface area contributed by atoms with E-state index < -0.39 is 0 Å². The van der Waals surface area contributed by atoms with Gasteiger partial charge >= 0.3 is 0 Å². The molecule has 4 rings (SSSR count). The lowest BCUT2D eigenvalue weighted by Gasteiger charge is -2.26. The Kier molecular flexibility index (Phi) is 3.27. The Hall–Kier alpha value is -1.67. The standard InChI is InChI=1S/C19H22N2/c1-20-18-11-10-15-14(7-3-8-16(15)18)17-9-2-5-13-6-4-12-21-19(13)17/h3-4,6-8,12,17-18,20H,2,5,9-11H2,1H3. The Morgan fingerprint density at radius 2 is 1.95 bits per heavy atom. The van der Waals surface area contributed by atoms with Crippen LogP contribution in [0, 0.1) is 0 Å². The summed E-state index contributed by atoms with van der Waals surface area (Å²) in [6, 6.07) is 11.7. The number of aromatic nitrogens is 1. The van der Waals surface area contributed by atoms with E-state index in [1.54, 1.807) is 5.56 Å². The Morgan fingerprint density at radius 1 is 1.05 bits per heavy atom. The second kappa shape index (κ2) is 5.27. The molecule has 0 amide bonds. The summed E-state index contributed by atoms with van der Waals surface area (Å²) in [5, 5.41) is 3.45. The summed E-state index contributed by atoms with van der Waals surface area (Å²) < 4.78 is 0. The fraction of sp³-hybridized carbons (Fsp3) is 0.421. The largest absolute Gasteiger partial charge is 0.313 e. The first-order valence-electron chi connectivity index (χ1n) is 8.11. The fourth-order valence-corrected chi connectivity index (χ4v) is 4.22. The summed E-state index contributed by atoms with van der Waals surface area (Å²) in [6.45, 7) is 0. The molecule has 1 aromatic heterocycles. The molecular weight excluding hydrogens is 256 g/mol. The first-order valence-corrected chi connectivity index (χ1v) is 8.11. The van der Waals surface area contributed by atoms with E-state index in [1.165, 1.54) is 54.5 Å². The normalized spacial score (nSPS) is 23.7. The highest BCUT2D eigenvalue weighted by molar-refractivity contribution is 5.46. The number of nitrogens with zero attached hydrogens (tertiary/aromatic N) is 1. The quantitative estimate of drug-likeness (QED) is 0.905. The van der Waals surface area contributed by atoms with E-state index in [9.17, 15) is 0 Å². The van der Waals surface area contributed by atoms with Crippen LogP contribution in [-0.2, 0) is 12.8 Å². The second-order valence-corrected chi connectivity index (χ2v) is 6.29. The van der Waals surface area contributed by atoms with Crippen LogP contribution in [0.25, 0.3) is 0 Å². The molecule has 0 fully saturated rings. The third kappa shape index (κ3) is 2.09. The molecule has 2 aliphatic carbocycles. The highest BCUT2D eigenvalue weighted by Crippen LogP contribution is 2.41. The van der Waals surface area contributed by atoms with E-state index >= 15 is 0 Å². The molecule has 1 N–H and O–H groups in total. The molecule has 0 saturated carbocycles. The average molecular weight is 278 g/mol. The maximum absolute atomic E-state index is 4.73. The van der Waals surface area contributed by atoms with Crippen LogP contribution < -0.4 is 5.32 Å². The molecule has 2 heteroatoms. The van der Waals surface area contributed by atoms with Crippen LogP contribution in [-0.4, -0.2) is 12.0 Å². The zero-order valence-electron chi connectivity index (χ0n) is 12.6. The van der Waals surface area contributed by atoms with Crippen molar-refractivity contribution in [3.05, 3.63) is 64.5 Å². The highest BCUT2D eigenvalue weighted by Gasteiger charge is 2.29. The molecule has 0 saturated heterocycles. The Morgan fingerprint density at radius 3 is 2.86 bits per heavy atom. The smallest absolute Gasteiger partial charge is 0.0510 e. The monoisotopic (exact) mass is 278 g/mol. The molecule has 2 aliphatic rings. The van der Waals surface area contributed by atoms with Gasteiger partial charge in [-0.05, 0) is 67.5 Å².